The van der Waals surface area contributed by atoms with Crippen molar-refractivity contribution in [2.75, 3.05) is 49.7 Å². The minimum Gasteiger partial charge on any atom is -0.484 e. The van der Waals surface area contributed by atoms with Gasteiger partial charge in [-0.15, -0.1) is 15.3 Å². The van der Waals surface area contributed by atoms with E-state index in [0.717, 1.165) is 84.6 Å². The van der Waals surface area contributed by atoms with Crippen molar-refractivity contribution < 1.29 is 19.2 Å². The SMILES string of the molecule is C[C@H]1CCCCN1c1nnc2ccc(O[C@@H]3CC[C@H](NC(=O)N(OC=O)c4cc(C(C)(C)C)nn4-c4ccc(Cl)c(CN5CCN(C)CC5)c4)c4ccccc43)cn12. The highest BCUT2D eigenvalue weighted by molar-refractivity contribution is 6.31. The van der Waals surface area contributed by atoms with E-state index in [1.165, 1.54) is 6.42 Å². The number of urea groups is 1. The van der Waals surface area contributed by atoms with E-state index in [-0.39, 0.29) is 29.9 Å². The van der Waals surface area contributed by atoms with Crippen molar-refractivity contribution in [3.8, 4) is 11.4 Å². The van der Waals surface area contributed by atoms with E-state index in [9.17, 15) is 9.59 Å². The van der Waals surface area contributed by atoms with E-state index >= 15 is 0 Å². The van der Waals surface area contributed by atoms with Crippen molar-refractivity contribution in [2.45, 2.75) is 89.9 Å². The molecule has 14 nitrogen and oxygen atoms in total. The number of carbonyl (C=O) groups is 2. The number of rotatable bonds is 10. The standard InChI is InChI=1S/C43H53ClN10O4/c1-29-10-8-9-19-51(29)41-47-46-39-18-14-32(27-52(39)41)58-37-17-16-36(33-11-6-7-12-34(33)37)45-42(56)54(57-28-55)40-25-38(43(2,3)4)48-53(40)31-13-15-35(44)30(24-31)26-50-22-20-49(5)21-23-50/h6-7,11-15,18,24-25,27-29,36-37H,8-10,16-17,19-23,26H2,1-5H3,(H,45,56)/t29-,36-,37+/m0/s1. The van der Waals surface area contributed by atoms with Crippen molar-refractivity contribution in [3.63, 3.8) is 0 Å². The van der Waals surface area contributed by atoms with Crippen molar-refractivity contribution in [1.29, 1.82) is 0 Å². The summed E-state index contributed by atoms with van der Waals surface area (Å²) in [4.78, 5) is 38.9. The lowest BCUT2D eigenvalue weighted by molar-refractivity contribution is -0.129. The molecule has 306 valence electrons. The zero-order chi connectivity index (χ0) is 40.6. The smallest absolute Gasteiger partial charge is 0.357 e. The zero-order valence-electron chi connectivity index (χ0n) is 34.0. The Morgan fingerprint density at radius 2 is 1.76 bits per heavy atom. The number of piperidine rings is 1. The molecule has 3 aliphatic rings. The molecular formula is C43H53ClN10O4. The van der Waals surface area contributed by atoms with Crippen LogP contribution >= 0.6 is 11.6 Å². The van der Waals surface area contributed by atoms with Gasteiger partial charge in [0.05, 0.1) is 23.6 Å². The van der Waals surface area contributed by atoms with Crippen LogP contribution in [0.3, 0.4) is 0 Å². The van der Waals surface area contributed by atoms with Crippen LogP contribution in [0.4, 0.5) is 16.6 Å². The third-order valence-electron chi connectivity index (χ3n) is 11.7. The number of aromatic nitrogens is 5. The van der Waals surface area contributed by atoms with Gasteiger partial charge in [0.1, 0.15) is 11.9 Å². The molecule has 0 radical (unpaired) electrons. The average Bonchev–Trinajstić information content (AvgIpc) is 3.85. The number of hydrogen-bond acceptors (Lipinski definition) is 10. The monoisotopic (exact) mass is 808 g/mol. The number of amides is 2. The van der Waals surface area contributed by atoms with E-state index in [4.69, 9.17) is 26.3 Å². The van der Waals surface area contributed by atoms with E-state index in [1.807, 2.05) is 86.0 Å². The Morgan fingerprint density at radius 1 is 0.966 bits per heavy atom. The number of nitrogens with zero attached hydrogens (tertiary/aromatic N) is 9. The zero-order valence-corrected chi connectivity index (χ0v) is 34.7. The van der Waals surface area contributed by atoms with Crippen LogP contribution < -0.4 is 20.0 Å². The number of pyridine rings is 1. The second-order valence-corrected chi connectivity index (χ2v) is 17.3. The summed E-state index contributed by atoms with van der Waals surface area (Å²) in [5, 5.41) is 18.7. The fraction of sp³-hybridized carbons (Fsp3) is 0.465. The molecular weight excluding hydrogens is 756 g/mol. The lowest BCUT2D eigenvalue weighted by atomic mass is 9.85. The van der Waals surface area contributed by atoms with Crippen LogP contribution in [0.15, 0.2) is 66.9 Å². The van der Waals surface area contributed by atoms with Gasteiger partial charge in [-0.1, -0.05) is 56.6 Å². The lowest BCUT2D eigenvalue weighted by Gasteiger charge is -2.34. The molecule has 0 spiro atoms. The van der Waals surface area contributed by atoms with Gasteiger partial charge in [-0.2, -0.15) is 5.10 Å². The molecule has 1 N–H and O–H groups in total. The third kappa shape index (κ3) is 8.23. The van der Waals surface area contributed by atoms with Gasteiger partial charge in [0.25, 0.3) is 0 Å². The molecule has 2 amide bonds. The van der Waals surface area contributed by atoms with E-state index in [0.29, 0.717) is 41.9 Å². The summed E-state index contributed by atoms with van der Waals surface area (Å²) < 4.78 is 10.4. The molecule has 5 heterocycles. The maximum absolute atomic E-state index is 14.3. The molecule has 3 aromatic heterocycles. The number of halogens is 1. The van der Waals surface area contributed by atoms with Crippen LogP contribution in [0, 0.1) is 0 Å². The summed E-state index contributed by atoms with van der Waals surface area (Å²) in [6.07, 6.45) is 6.43. The van der Waals surface area contributed by atoms with Crippen molar-refractivity contribution in [3.05, 3.63) is 94.3 Å². The molecule has 2 aromatic carbocycles. The second kappa shape index (κ2) is 16.6. The Kier molecular flexibility index (Phi) is 11.3. The van der Waals surface area contributed by atoms with E-state index in [1.54, 1.807) is 10.7 Å². The number of ether oxygens (including phenoxy) is 1. The summed E-state index contributed by atoms with van der Waals surface area (Å²) in [6, 6.07) is 18.8. The van der Waals surface area contributed by atoms with Crippen LogP contribution in [-0.4, -0.2) is 92.5 Å². The Labute approximate surface area is 344 Å². The summed E-state index contributed by atoms with van der Waals surface area (Å²) in [7, 11) is 2.13. The first-order chi connectivity index (χ1) is 28.0. The van der Waals surface area contributed by atoms with Crippen LogP contribution in [0.2, 0.25) is 5.02 Å². The molecule has 58 heavy (non-hydrogen) atoms. The van der Waals surface area contributed by atoms with E-state index < -0.39 is 6.03 Å². The number of piperazine rings is 1. The number of benzene rings is 2. The minimum absolute atomic E-state index is 0.251. The normalized spacial score (nSPS) is 20.4. The molecule has 3 atom stereocenters. The molecule has 1 aliphatic carbocycles. The van der Waals surface area contributed by atoms with Gasteiger partial charge in [0.2, 0.25) is 5.95 Å². The highest BCUT2D eigenvalue weighted by Crippen LogP contribution is 2.40. The first-order valence-electron chi connectivity index (χ1n) is 20.3. The first kappa shape index (κ1) is 39.6. The topological polar surface area (TPSA) is 126 Å². The van der Waals surface area contributed by atoms with Crippen LogP contribution in [-0.2, 0) is 21.6 Å². The van der Waals surface area contributed by atoms with Crippen LogP contribution in [0.1, 0.15) is 94.3 Å². The lowest BCUT2D eigenvalue weighted by Crippen LogP contribution is -2.44. The van der Waals surface area contributed by atoms with Crippen molar-refractivity contribution >= 4 is 41.5 Å². The number of carbonyl (C=O) groups excluding carboxylic acids is 2. The highest BCUT2D eigenvalue weighted by Gasteiger charge is 2.34. The molecule has 2 fully saturated rings. The second-order valence-electron chi connectivity index (χ2n) is 16.8. The molecule has 2 saturated heterocycles. The predicted molar refractivity (Wildman–Crippen MR) is 224 cm³/mol. The number of hydroxylamine groups is 1. The summed E-state index contributed by atoms with van der Waals surface area (Å²) in [5.41, 5.74) is 4.66. The molecule has 0 unspecified atom stereocenters. The molecule has 5 aromatic rings. The molecule has 15 heteroatoms. The van der Waals surface area contributed by atoms with Gasteiger partial charge >= 0.3 is 12.5 Å². The van der Waals surface area contributed by atoms with Gasteiger partial charge in [-0.25, -0.2) is 9.48 Å². The summed E-state index contributed by atoms with van der Waals surface area (Å²) in [5.74, 6) is 1.83. The summed E-state index contributed by atoms with van der Waals surface area (Å²) >= 11 is 6.75. The minimum atomic E-state index is -0.600. The van der Waals surface area contributed by atoms with Crippen molar-refractivity contribution in [2.24, 2.45) is 0 Å². The molecule has 2 aliphatic heterocycles. The highest BCUT2D eigenvalue weighted by atomic mass is 35.5. The Bertz CT molecular complexity index is 2260. The van der Waals surface area contributed by atoms with E-state index in [2.05, 4.69) is 44.2 Å². The van der Waals surface area contributed by atoms with Crippen molar-refractivity contribution in [1.82, 2.24) is 39.5 Å². The van der Waals surface area contributed by atoms with Gasteiger partial charge in [-0.05, 0) is 93.1 Å². The Balaban J connectivity index is 1.04. The Hall–Kier alpha value is -5.18. The third-order valence-corrected chi connectivity index (χ3v) is 12.1. The van der Waals surface area contributed by atoms with Gasteiger partial charge in [-0.3, -0.25) is 14.1 Å². The number of anilines is 2. The molecule has 0 bridgehead atoms. The fourth-order valence-corrected chi connectivity index (χ4v) is 8.47. The Morgan fingerprint density at radius 3 is 2.52 bits per heavy atom. The molecule has 0 saturated carbocycles. The number of fused-ring (bicyclic) bond motifs is 2. The van der Waals surface area contributed by atoms with Crippen LogP contribution in [0.5, 0.6) is 5.75 Å². The number of likely N-dealkylation sites (N-methyl/N-ethyl adjacent to an activating group) is 1. The average molecular weight is 809 g/mol. The van der Waals surface area contributed by atoms with Gasteiger partial charge < -0.3 is 24.7 Å². The predicted octanol–water partition coefficient (Wildman–Crippen LogP) is 7.25. The number of nitrogens with one attached hydrogen (secondary N) is 1. The fourth-order valence-electron chi connectivity index (χ4n) is 8.30. The molecule has 8 rings (SSSR count). The number of hydrogen-bond donors (Lipinski definition) is 1. The largest absolute Gasteiger partial charge is 0.484 e. The maximum Gasteiger partial charge on any atom is 0.357 e. The van der Waals surface area contributed by atoms with Crippen LogP contribution in [0.25, 0.3) is 11.3 Å². The first-order valence-corrected chi connectivity index (χ1v) is 20.7. The summed E-state index contributed by atoms with van der Waals surface area (Å²) in [6.45, 7) is 14.1. The van der Waals surface area contributed by atoms with Gasteiger partial charge in [0.15, 0.2) is 11.5 Å². The maximum atomic E-state index is 14.3. The quantitative estimate of drug-likeness (QED) is 0.114. The van der Waals surface area contributed by atoms with Gasteiger partial charge in [0, 0.05) is 61.8 Å².